The minimum atomic E-state index is -1.40. The van der Waals surface area contributed by atoms with E-state index in [9.17, 15) is 14.4 Å². The van der Waals surface area contributed by atoms with Crippen molar-refractivity contribution in [2.24, 2.45) is 0 Å². The number of halogens is 1. The van der Waals surface area contributed by atoms with Gasteiger partial charge in [-0.15, -0.1) is 0 Å². The summed E-state index contributed by atoms with van der Waals surface area (Å²) in [6.45, 7) is 0. The Kier molecular flexibility index (Phi) is 3.12. The lowest BCUT2D eigenvalue weighted by molar-refractivity contribution is -0.596. The summed E-state index contributed by atoms with van der Waals surface area (Å²) in [5.74, 6) is -1.89. The van der Waals surface area contributed by atoms with Gasteiger partial charge in [0.2, 0.25) is 5.69 Å². The Balaban J connectivity index is 2.73. The number of aromatic nitrogens is 1. The molecule has 94 valence electrons. The molecular weight excluding hydrogens is 251 g/mol. The first-order chi connectivity index (χ1) is 9.04. The van der Waals surface area contributed by atoms with Crippen LogP contribution in [0.3, 0.4) is 0 Å². The fraction of sp³-hybridized carbons (Fsp3) is 0. The van der Waals surface area contributed by atoms with Crippen LogP contribution >= 0.6 is 0 Å². The molecule has 0 aliphatic rings. The van der Waals surface area contributed by atoms with Gasteiger partial charge in [0.15, 0.2) is 0 Å². The van der Waals surface area contributed by atoms with Crippen LogP contribution in [0.5, 0.6) is 0 Å². The zero-order chi connectivity index (χ0) is 14.0. The molecule has 0 aliphatic heterocycles. The molecule has 2 rings (SSSR count). The molecule has 0 atom stereocenters. The maximum atomic E-state index is 12.8. The van der Waals surface area contributed by atoms with Gasteiger partial charge in [-0.2, -0.15) is 9.99 Å². The van der Waals surface area contributed by atoms with Gasteiger partial charge >= 0.3 is 11.7 Å². The first-order valence-electron chi connectivity index (χ1n) is 5.20. The molecule has 2 aromatic rings. The highest BCUT2D eigenvalue weighted by Crippen LogP contribution is 2.20. The number of rotatable bonds is 2. The van der Waals surface area contributed by atoms with Gasteiger partial charge in [0, 0.05) is 11.6 Å². The SMILES string of the molecule is N#Cc1ccc(C(=O)O)[n+]([O-])c1-c1ccc(F)cc1. The van der Waals surface area contributed by atoms with Crippen LogP contribution in [0.25, 0.3) is 11.3 Å². The number of benzene rings is 1. The molecule has 0 amide bonds. The van der Waals surface area contributed by atoms with Crippen molar-refractivity contribution in [1.82, 2.24) is 0 Å². The smallest absolute Gasteiger partial charge is 0.402 e. The molecule has 0 saturated heterocycles. The molecule has 0 fully saturated rings. The van der Waals surface area contributed by atoms with Crippen LogP contribution in [-0.4, -0.2) is 11.1 Å². The third kappa shape index (κ3) is 2.21. The lowest BCUT2D eigenvalue weighted by atomic mass is 10.1. The molecule has 5 nitrogen and oxygen atoms in total. The highest BCUT2D eigenvalue weighted by Gasteiger charge is 2.23. The molecule has 1 N–H and O–H groups in total. The summed E-state index contributed by atoms with van der Waals surface area (Å²) in [5.41, 5.74) is -0.316. The van der Waals surface area contributed by atoms with Crippen molar-refractivity contribution < 1.29 is 19.0 Å². The summed E-state index contributed by atoms with van der Waals surface area (Å²) >= 11 is 0. The van der Waals surface area contributed by atoms with Gasteiger partial charge in [-0.25, -0.2) is 9.18 Å². The molecule has 0 unspecified atom stereocenters. The van der Waals surface area contributed by atoms with E-state index in [0.29, 0.717) is 0 Å². The number of carboxylic acids is 1. The van der Waals surface area contributed by atoms with E-state index in [4.69, 9.17) is 10.4 Å². The number of nitrogens with zero attached hydrogens (tertiary/aromatic N) is 2. The van der Waals surface area contributed by atoms with Gasteiger partial charge in [-0.1, -0.05) is 0 Å². The lowest BCUT2D eigenvalue weighted by Crippen LogP contribution is -2.37. The number of aromatic carboxylic acids is 1. The van der Waals surface area contributed by atoms with E-state index in [2.05, 4.69) is 0 Å². The number of carboxylic acid groups (broad SMARTS) is 1. The minimum Gasteiger partial charge on any atom is -0.618 e. The van der Waals surface area contributed by atoms with Gasteiger partial charge in [-0.3, -0.25) is 0 Å². The van der Waals surface area contributed by atoms with Crippen molar-refractivity contribution >= 4 is 5.97 Å². The van der Waals surface area contributed by atoms with Crippen LogP contribution in [0.15, 0.2) is 36.4 Å². The number of nitriles is 1. The number of pyridine rings is 1. The summed E-state index contributed by atoms with van der Waals surface area (Å²) < 4.78 is 13.0. The zero-order valence-electron chi connectivity index (χ0n) is 9.50. The molecule has 1 aromatic carbocycles. The van der Waals surface area contributed by atoms with E-state index in [1.807, 2.05) is 6.07 Å². The first-order valence-corrected chi connectivity index (χ1v) is 5.20. The largest absolute Gasteiger partial charge is 0.618 e. The van der Waals surface area contributed by atoms with Gasteiger partial charge < -0.3 is 10.3 Å². The second-order valence-electron chi connectivity index (χ2n) is 3.70. The molecule has 1 heterocycles. The van der Waals surface area contributed by atoms with Crippen molar-refractivity contribution in [2.45, 2.75) is 0 Å². The molecule has 0 radical (unpaired) electrons. The van der Waals surface area contributed by atoms with Gasteiger partial charge in [0.25, 0.3) is 0 Å². The fourth-order valence-electron chi connectivity index (χ4n) is 1.67. The van der Waals surface area contributed by atoms with Crippen molar-refractivity contribution in [2.75, 3.05) is 0 Å². The van der Waals surface area contributed by atoms with E-state index in [-0.39, 0.29) is 21.6 Å². The van der Waals surface area contributed by atoms with Crippen LogP contribution < -0.4 is 4.73 Å². The van der Waals surface area contributed by atoms with Crippen LogP contribution in [0.1, 0.15) is 16.1 Å². The number of hydrogen-bond donors (Lipinski definition) is 1. The second-order valence-corrected chi connectivity index (χ2v) is 3.70. The molecule has 0 aliphatic carbocycles. The highest BCUT2D eigenvalue weighted by molar-refractivity contribution is 5.84. The Hall–Kier alpha value is -2.94. The predicted octanol–water partition coefficient (Wildman–Crippen LogP) is 1.70. The number of carbonyl (C=O) groups is 1. The Bertz CT molecular complexity index is 690. The monoisotopic (exact) mass is 258 g/mol. The lowest BCUT2D eigenvalue weighted by Gasteiger charge is -2.08. The van der Waals surface area contributed by atoms with Crippen LogP contribution in [0.4, 0.5) is 4.39 Å². The molecule has 19 heavy (non-hydrogen) atoms. The summed E-state index contributed by atoms with van der Waals surface area (Å²) in [6, 6.07) is 8.99. The van der Waals surface area contributed by atoms with Crippen molar-refractivity contribution in [3.63, 3.8) is 0 Å². The molecule has 0 saturated carbocycles. The Labute approximate surface area is 107 Å². The molecule has 1 aromatic heterocycles. The molecule has 0 bridgehead atoms. The van der Waals surface area contributed by atoms with E-state index >= 15 is 0 Å². The van der Waals surface area contributed by atoms with Crippen LogP contribution in [0, 0.1) is 22.4 Å². The maximum Gasteiger partial charge on any atom is 0.402 e. The van der Waals surface area contributed by atoms with Gasteiger partial charge in [0.05, 0.1) is 0 Å². The quantitative estimate of drug-likeness (QED) is 0.655. The van der Waals surface area contributed by atoms with Crippen molar-refractivity contribution in [3.8, 4) is 17.3 Å². The molecule has 6 heteroatoms. The summed E-state index contributed by atoms with van der Waals surface area (Å²) in [6.07, 6.45) is 0. The van der Waals surface area contributed by atoms with Crippen LogP contribution in [-0.2, 0) is 0 Å². The summed E-state index contributed by atoms with van der Waals surface area (Å²) in [4.78, 5) is 10.9. The standard InChI is InChI=1S/C13H7FN2O3/c14-10-4-1-8(2-5-10)12-9(7-15)3-6-11(13(17)18)16(12)19/h1-6H,(H,17,18). The van der Waals surface area contributed by atoms with E-state index in [1.54, 1.807) is 0 Å². The third-order valence-electron chi connectivity index (χ3n) is 2.54. The second kappa shape index (κ2) is 4.74. The van der Waals surface area contributed by atoms with E-state index in [0.717, 1.165) is 18.2 Å². The predicted molar refractivity (Wildman–Crippen MR) is 62.5 cm³/mol. The van der Waals surface area contributed by atoms with Gasteiger partial charge in [0.1, 0.15) is 17.4 Å². The van der Waals surface area contributed by atoms with Crippen LogP contribution in [0.2, 0.25) is 0 Å². The van der Waals surface area contributed by atoms with E-state index in [1.165, 1.54) is 18.2 Å². The van der Waals surface area contributed by atoms with Crippen molar-refractivity contribution in [1.29, 1.82) is 5.26 Å². The minimum absolute atomic E-state index is 0.0200. The molecule has 0 spiro atoms. The Morgan fingerprint density at radius 1 is 1.26 bits per heavy atom. The number of hydrogen-bond acceptors (Lipinski definition) is 3. The Morgan fingerprint density at radius 2 is 1.89 bits per heavy atom. The first kappa shape index (κ1) is 12.5. The summed E-state index contributed by atoms with van der Waals surface area (Å²) in [5, 5.41) is 29.8. The average molecular weight is 258 g/mol. The highest BCUT2D eigenvalue weighted by atomic mass is 19.1. The average Bonchev–Trinajstić information content (AvgIpc) is 2.39. The third-order valence-corrected chi connectivity index (χ3v) is 2.54. The topological polar surface area (TPSA) is 88.0 Å². The maximum absolute atomic E-state index is 12.8. The molecular formula is C13H7FN2O3. The van der Waals surface area contributed by atoms with Gasteiger partial charge in [-0.05, 0) is 30.3 Å². The normalized spacial score (nSPS) is 9.89. The van der Waals surface area contributed by atoms with Crippen molar-refractivity contribution in [3.05, 3.63) is 58.7 Å². The fourth-order valence-corrected chi connectivity index (χ4v) is 1.67. The summed E-state index contributed by atoms with van der Waals surface area (Å²) in [7, 11) is 0. The van der Waals surface area contributed by atoms with E-state index < -0.39 is 17.5 Å². The zero-order valence-corrected chi connectivity index (χ0v) is 9.50. The Morgan fingerprint density at radius 3 is 2.42 bits per heavy atom.